The van der Waals surface area contributed by atoms with E-state index in [9.17, 15) is 4.79 Å². The third kappa shape index (κ3) is 1.95. The van der Waals surface area contributed by atoms with Gasteiger partial charge in [0.2, 0.25) is 5.91 Å². The minimum atomic E-state index is 0.110. The van der Waals surface area contributed by atoms with Crippen molar-refractivity contribution in [1.82, 2.24) is 0 Å². The molecule has 2 nitrogen and oxygen atoms in total. The van der Waals surface area contributed by atoms with Gasteiger partial charge in [0.05, 0.1) is 6.42 Å². The van der Waals surface area contributed by atoms with Gasteiger partial charge in [-0.05, 0) is 25.0 Å². The number of anilines is 1. The highest BCUT2D eigenvalue weighted by atomic mass is 16.1. The van der Waals surface area contributed by atoms with Crippen LogP contribution < -0.4 is 5.32 Å². The monoisotopic (exact) mass is 191 g/mol. The van der Waals surface area contributed by atoms with E-state index >= 15 is 0 Å². The highest BCUT2D eigenvalue weighted by molar-refractivity contribution is 6.00. The Morgan fingerprint density at radius 2 is 1.86 bits per heavy atom. The summed E-state index contributed by atoms with van der Waals surface area (Å²) >= 11 is 0. The maximum Gasteiger partial charge on any atom is 0.228 e. The first-order valence-electron chi connectivity index (χ1n) is 5.07. The van der Waals surface area contributed by atoms with Gasteiger partial charge in [0.1, 0.15) is 0 Å². The molecule has 0 aliphatic carbocycles. The molecular formula is C12H17NO. The Bertz CT molecular complexity index is 356. The van der Waals surface area contributed by atoms with Gasteiger partial charge < -0.3 is 5.32 Å². The van der Waals surface area contributed by atoms with Crippen molar-refractivity contribution in [3.05, 3.63) is 28.8 Å². The molecule has 0 aromatic heterocycles. The van der Waals surface area contributed by atoms with E-state index in [-0.39, 0.29) is 5.91 Å². The van der Waals surface area contributed by atoms with Crippen LogP contribution in [0.1, 0.15) is 30.5 Å². The lowest BCUT2D eigenvalue weighted by atomic mass is 10.0. The number of aryl methyl sites for hydroxylation is 2. The molecule has 0 saturated carbocycles. The summed E-state index contributed by atoms with van der Waals surface area (Å²) in [6, 6.07) is 4.16. The Hall–Kier alpha value is -1.31. The van der Waals surface area contributed by atoms with Crippen LogP contribution in [0.15, 0.2) is 12.1 Å². The highest BCUT2D eigenvalue weighted by Gasteiger charge is 2.18. The zero-order valence-electron chi connectivity index (χ0n) is 9.27. The van der Waals surface area contributed by atoms with E-state index in [0.29, 0.717) is 6.42 Å². The number of benzene rings is 1. The number of rotatable bonds is 0. The van der Waals surface area contributed by atoms with E-state index < -0.39 is 0 Å². The van der Waals surface area contributed by atoms with Crippen molar-refractivity contribution >= 4 is 11.6 Å². The van der Waals surface area contributed by atoms with E-state index in [4.69, 9.17) is 0 Å². The van der Waals surface area contributed by atoms with E-state index in [2.05, 4.69) is 24.4 Å². The highest BCUT2D eigenvalue weighted by Crippen LogP contribution is 2.27. The van der Waals surface area contributed by atoms with Crippen LogP contribution in [0.25, 0.3) is 0 Å². The van der Waals surface area contributed by atoms with E-state index in [1.165, 1.54) is 5.56 Å². The topological polar surface area (TPSA) is 29.1 Å². The Kier molecular flexibility index (Phi) is 3.28. The third-order valence-electron chi connectivity index (χ3n) is 2.18. The summed E-state index contributed by atoms with van der Waals surface area (Å²) in [6.07, 6.45) is 0.540. The molecule has 76 valence electrons. The van der Waals surface area contributed by atoms with Gasteiger partial charge in [0, 0.05) is 5.69 Å². The minimum Gasteiger partial charge on any atom is -0.325 e. The molecule has 0 atom stereocenters. The van der Waals surface area contributed by atoms with Gasteiger partial charge in [-0.1, -0.05) is 31.5 Å². The second-order valence-corrected chi connectivity index (χ2v) is 3.34. The van der Waals surface area contributed by atoms with Crippen LogP contribution in [0, 0.1) is 13.8 Å². The van der Waals surface area contributed by atoms with Gasteiger partial charge in [-0.15, -0.1) is 0 Å². The average molecular weight is 191 g/mol. The van der Waals surface area contributed by atoms with Crippen LogP contribution in [-0.2, 0) is 11.2 Å². The van der Waals surface area contributed by atoms with Crippen LogP contribution >= 0.6 is 0 Å². The fraction of sp³-hybridized carbons (Fsp3) is 0.417. The van der Waals surface area contributed by atoms with Crippen LogP contribution in [0.5, 0.6) is 0 Å². The lowest BCUT2D eigenvalue weighted by Crippen LogP contribution is -2.04. The fourth-order valence-electron chi connectivity index (χ4n) is 1.73. The van der Waals surface area contributed by atoms with Gasteiger partial charge in [0.25, 0.3) is 0 Å². The summed E-state index contributed by atoms with van der Waals surface area (Å²) in [5.41, 5.74) is 4.54. The van der Waals surface area contributed by atoms with Crippen molar-refractivity contribution in [2.45, 2.75) is 34.1 Å². The minimum absolute atomic E-state index is 0.110. The quantitative estimate of drug-likeness (QED) is 0.671. The van der Waals surface area contributed by atoms with Crippen molar-refractivity contribution in [3.8, 4) is 0 Å². The molecule has 2 rings (SSSR count). The first-order chi connectivity index (χ1) is 6.66. The molecule has 0 bridgehead atoms. The molecule has 0 fully saturated rings. The average Bonchev–Trinajstić information content (AvgIpc) is 2.49. The zero-order chi connectivity index (χ0) is 10.7. The number of fused-ring (bicyclic) bond motifs is 1. The van der Waals surface area contributed by atoms with Crippen LogP contribution in [0.3, 0.4) is 0 Å². The number of carbonyl (C=O) groups is 1. The second kappa shape index (κ2) is 4.27. The molecule has 0 unspecified atom stereocenters. The van der Waals surface area contributed by atoms with Crippen molar-refractivity contribution < 1.29 is 4.79 Å². The first kappa shape index (κ1) is 10.8. The van der Waals surface area contributed by atoms with Gasteiger partial charge in [-0.2, -0.15) is 0 Å². The summed E-state index contributed by atoms with van der Waals surface area (Å²) in [5, 5.41) is 2.85. The largest absolute Gasteiger partial charge is 0.325 e. The molecule has 2 heteroatoms. The summed E-state index contributed by atoms with van der Waals surface area (Å²) in [6.45, 7) is 8.08. The standard InChI is InChI=1S/C10H11NO.C2H6/c1-6-3-7(2)10-8(4-6)5-9(12)11-10;1-2/h3-4H,5H2,1-2H3,(H,11,12);1-2H3. The lowest BCUT2D eigenvalue weighted by Gasteiger charge is -2.04. The van der Waals surface area contributed by atoms with E-state index in [0.717, 1.165) is 16.8 Å². The number of nitrogens with one attached hydrogen (secondary N) is 1. The Morgan fingerprint density at radius 3 is 2.50 bits per heavy atom. The fourth-order valence-corrected chi connectivity index (χ4v) is 1.73. The SMILES string of the molecule is CC.Cc1cc(C)c2c(c1)CC(=O)N2. The van der Waals surface area contributed by atoms with Gasteiger partial charge in [0.15, 0.2) is 0 Å². The maximum absolute atomic E-state index is 11.1. The zero-order valence-corrected chi connectivity index (χ0v) is 9.27. The van der Waals surface area contributed by atoms with E-state index in [1.807, 2.05) is 20.8 Å². The Balaban J connectivity index is 0.000000461. The molecule has 1 aliphatic heterocycles. The molecule has 0 radical (unpaired) electrons. The number of amides is 1. The predicted octanol–water partition coefficient (Wildman–Crippen LogP) is 2.82. The Labute approximate surface area is 85.3 Å². The summed E-state index contributed by atoms with van der Waals surface area (Å²) in [4.78, 5) is 11.1. The van der Waals surface area contributed by atoms with Crippen LogP contribution in [0.2, 0.25) is 0 Å². The van der Waals surface area contributed by atoms with E-state index in [1.54, 1.807) is 0 Å². The molecule has 0 spiro atoms. The van der Waals surface area contributed by atoms with Crippen molar-refractivity contribution in [2.75, 3.05) is 5.32 Å². The van der Waals surface area contributed by atoms with Crippen LogP contribution in [0.4, 0.5) is 5.69 Å². The summed E-state index contributed by atoms with van der Waals surface area (Å²) in [5.74, 6) is 0.110. The molecule has 1 aliphatic rings. The molecule has 14 heavy (non-hydrogen) atoms. The summed E-state index contributed by atoms with van der Waals surface area (Å²) < 4.78 is 0. The molecule has 1 amide bonds. The van der Waals surface area contributed by atoms with Gasteiger partial charge in [-0.25, -0.2) is 0 Å². The molecule has 1 aromatic carbocycles. The van der Waals surface area contributed by atoms with Crippen LogP contribution in [-0.4, -0.2) is 5.91 Å². The molecule has 1 aromatic rings. The molecule has 0 saturated heterocycles. The normalized spacial score (nSPS) is 12.7. The Morgan fingerprint density at radius 1 is 1.21 bits per heavy atom. The number of hydrogen-bond donors (Lipinski definition) is 1. The molecular weight excluding hydrogens is 174 g/mol. The van der Waals surface area contributed by atoms with Gasteiger partial charge in [-0.3, -0.25) is 4.79 Å². The van der Waals surface area contributed by atoms with Crippen molar-refractivity contribution in [3.63, 3.8) is 0 Å². The summed E-state index contributed by atoms with van der Waals surface area (Å²) in [7, 11) is 0. The second-order valence-electron chi connectivity index (χ2n) is 3.34. The van der Waals surface area contributed by atoms with Crippen molar-refractivity contribution in [2.24, 2.45) is 0 Å². The molecule has 1 heterocycles. The smallest absolute Gasteiger partial charge is 0.228 e. The predicted molar refractivity (Wildman–Crippen MR) is 59.6 cm³/mol. The van der Waals surface area contributed by atoms with Crippen molar-refractivity contribution in [1.29, 1.82) is 0 Å². The third-order valence-corrected chi connectivity index (χ3v) is 2.18. The first-order valence-corrected chi connectivity index (χ1v) is 5.07. The van der Waals surface area contributed by atoms with Gasteiger partial charge >= 0.3 is 0 Å². The maximum atomic E-state index is 11.1. The molecule has 1 N–H and O–H groups in total. The number of carbonyl (C=O) groups excluding carboxylic acids is 1. The lowest BCUT2D eigenvalue weighted by molar-refractivity contribution is -0.115. The number of hydrogen-bond acceptors (Lipinski definition) is 1.